The van der Waals surface area contributed by atoms with Crippen LogP contribution in [0, 0.1) is 0 Å². The van der Waals surface area contributed by atoms with Crippen LogP contribution in [0.25, 0.3) is 6.08 Å². The maximum absolute atomic E-state index is 12.6. The van der Waals surface area contributed by atoms with Gasteiger partial charge in [-0.05, 0) is 23.8 Å². The van der Waals surface area contributed by atoms with Crippen LogP contribution in [0.2, 0.25) is 5.02 Å². The van der Waals surface area contributed by atoms with Crippen molar-refractivity contribution in [2.24, 2.45) is 0 Å². The second kappa shape index (κ2) is 7.31. The van der Waals surface area contributed by atoms with Crippen LogP contribution in [0.3, 0.4) is 0 Å². The van der Waals surface area contributed by atoms with Crippen LogP contribution in [-0.4, -0.2) is 26.2 Å². The van der Waals surface area contributed by atoms with Crippen molar-refractivity contribution in [3.05, 3.63) is 40.4 Å². The standard InChI is InChI=1S/C13H13ClF3NO2/c1-20-7-6-18-12(19)5-3-9-2-4-11(14)10(8-9)13(15,16)17/h2-5,8H,6-7H2,1H3,(H,18,19). The molecule has 0 aliphatic heterocycles. The van der Waals surface area contributed by atoms with Crippen molar-refractivity contribution in [1.82, 2.24) is 5.32 Å². The Bertz CT molecular complexity index is 501. The number of nitrogens with one attached hydrogen (secondary N) is 1. The molecule has 0 unspecified atom stereocenters. The summed E-state index contributed by atoms with van der Waals surface area (Å²) >= 11 is 5.49. The van der Waals surface area contributed by atoms with Crippen LogP contribution in [-0.2, 0) is 15.7 Å². The van der Waals surface area contributed by atoms with E-state index in [4.69, 9.17) is 16.3 Å². The van der Waals surface area contributed by atoms with Gasteiger partial charge < -0.3 is 10.1 Å². The van der Waals surface area contributed by atoms with E-state index in [1.807, 2.05) is 0 Å². The summed E-state index contributed by atoms with van der Waals surface area (Å²) in [5, 5.41) is 2.14. The van der Waals surface area contributed by atoms with Gasteiger partial charge in [0.2, 0.25) is 5.91 Å². The maximum Gasteiger partial charge on any atom is 0.417 e. The minimum atomic E-state index is -4.53. The highest BCUT2D eigenvalue weighted by molar-refractivity contribution is 6.31. The van der Waals surface area contributed by atoms with Crippen LogP contribution < -0.4 is 5.32 Å². The van der Waals surface area contributed by atoms with Crippen molar-refractivity contribution in [1.29, 1.82) is 0 Å². The van der Waals surface area contributed by atoms with Gasteiger partial charge in [-0.15, -0.1) is 0 Å². The highest BCUT2D eigenvalue weighted by Gasteiger charge is 2.33. The molecule has 0 aromatic heterocycles. The van der Waals surface area contributed by atoms with Crippen molar-refractivity contribution in [3.63, 3.8) is 0 Å². The molecule has 0 heterocycles. The topological polar surface area (TPSA) is 38.3 Å². The van der Waals surface area contributed by atoms with Crippen LogP contribution in [0.15, 0.2) is 24.3 Å². The van der Waals surface area contributed by atoms with Gasteiger partial charge in [0.05, 0.1) is 17.2 Å². The molecule has 0 aliphatic rings. The van der Waals surface area contributed by atoms with Crippen molar-refractivity contribution in [2.45, 2.75) is 6.18 Å². The number of alkyl halides is 3. The molecule has 110 valence electrons. The summed E-state index contributed by atoms with van der Waals surface area (Å²) in [7, 11) is 1.49. The molecule has 0 saturated carbocycles. The Morgan fingerprint density at radius 3 is 2.75 bits per heavy atom. The molecule has 1 aromatic rings. The SMILES string of the molecule is COCCNC(=O)C=Cc1ccc(Cl)c(C(F)(F)F)c1. The number of hydrogen-bond acceptors (Lipinski definition) is 2. The van der Waals surface area contributed by atoms with Gasteiger partial charge in [-0.25, -0.2) is 0 Å². The zero-order valence-corrected chi connectivity index (χ0v) is 11.4. The molecule has 0 saturated heterocycles. The van der Waals surface area contributed by atoms with Gasteiger partial charge >= 0.3 is 6.18 Å². The predicted octanol–water partition coefficient (Wildman–Crippen LogP) is 3.13. The Morgan fingerprint density at radius 1 is 1.45 bits per heavy atom. The van der Waals surface area contributed by atoms with E-state index in [0.29, 0.717) is 13.2 Å². The van der Waals surface area contributed by atoms with Crippen molar-refractivity contribution in [2.75, 3.05) is 20.3 Å². The Balaban J connectivity index is 2.76. The third-order valence-electron chi connectivity index (χ3n) is 2.33. The number of ether oxygens (including phenoxy) is 1. The summed E-state index contributed by atoms with van der Waals surface area (Å²) in [6.07, 6.45) is -2.09. The minimum Gasteiger partial charge on any atom is -0.383 e. The smallest absolute Gasteiger partial charge is 0.383 e. The second-order valence-corrected chi connectivity index (χ2v) is 4.26. The third-order valence-corrected chi connectivity index (χ3v) is 2.66. The second-order valence-electron chi connectivity index (χ2n) is 3.85. The quantitative estimate of drug-likeness (QED) is 0.670. The molecule has 1 rings (SSSR count). The first-order valence-corrected chi connectivity index (χ1v) is 6.04. The van der Waals surface area contributed by atoms with Crippen molar-refractivity contribution >= 4 is 23.6 Å². The van der Waals surface area contributed by atoms with Crippen LogP contribution in [0.1, 0.15) is 11.1 Å². The lowest BCUT2D eigenvalue weighted by molar-refractivity contribution is -0.137. The fourth-order valence-corrected chi connectivity index (χ4v) is 1.60. The fraction of sp³-hybridized carbons (Fsp3) is 0.308. The van der Waals surface area contributed by atoms with E-state index in [-0.39, 0.29) is 10.6 Å². The normalized spacial score (nSPS) is 11.8. The molecule has 7 heteroatoms. The number of methoxy groups -OCH3 is 1. The lowest BCUT2D eigenvalue weighted by Crippen LogP contribution is -2.24. The highest BCUT2D eigenvalue weighted by Crippen LogP contribution is 2.35. The van der Waals surface area contributed by atoms with E-state index < -0.39 is 17.6 Å². The fourth-order valence-electron chi connectivity index (χ4n) is 1.37. The summed E-state index contributed by atoms with van der Waals surface area (Å²) in [4.78, 5) is 11.3. The summed E-state index contributed by atoms with van der Waals surface area (Å²) in [6, 6.07) is 3.44. The largest absolute Gasteiger partial charge is 0.417 e. The van der Waals surface area contributed by atoms with Gasteiger partial charge in [0, 0.05) is 19.7 Å². The average molecular weight is 308 g/mol. The molecular weight excluding hydrogens is 295 g/mol. The van der Waals surface area contributed by atoms with Gasteiger partial charge in [-0.2, -0.15) is 13.2 Å². The van der Waals surface area contributed by atoms with E-state index in [1.165, 1.54) is 19.3 Å². The summed E-state index contributed by atoms with van der Waals surface area (Å²) in [6.45, 7) is 0.687. The molecule has 1 N–H and O–H groups in total. The Labute approximate surface area is 119 Å². The Morgan fingerprint density at radius 2 is 2.15 bits per heavy atom. The van der Waals surface area contributed by atoms with Gasteiger partial charge in [0.25, 0.3) is 0 Å². The first-order chi connectivity index (χ1) is 9.34. The van der Waals surface area contributed by atoms with E-state index in [2.05, 4.69) is 5.32 Å². The molecule has 20 heavy (non-hydrogen) atoms. The van der Waals surface area contributed by atoms with Crippen LogP contribution >= 0.6 is 11.6 Å². The van der Waals surface area contributed by atoms with Gasteiger partial charge in [-0.1, -0.05) is 17.7 Å². The van der Waals surface area contributed by atoms with Crippen LogP contribution in [0.4, 0.5) is 13.2 Å². The molecule has 1 amide bonds. The van der Waals surface area contributed by atoms with E-state index in [1.54, 1.807) is 0 Å². The maximum atomic E-state index is 12.6. The van der Waals surface area contributed by atoms with Crippen molar-refractivity contribution < 1.29 is 22.7 Å². The van der Waals surface area contributed by atoms with Gasteiger partial charge in [0.1, 0.15) is 0 Å². The molecule has 0 aliphatic carbocycles. The number of halogens is 4. The van der Waals surface area contributed by atoms with E-state index >= 15 is 0 Å². The molecule has 1 aromatic carbocycles. The van der Waals surface area contributed by atoms with Gasteiger partial charge in [0.15, 0.2) is 0 Å². The molecule has 0 atom stereocenters. The van der Waals surface area contributed by atoms with E-state index in [9.17, 15) is 18.0 Å². The lowest BCUT2D eigenvalue weighted by atomic mass is 10.1. The molecule has 0 bridgehead atoms. The van der Waals surface area contributed by atoms with Crippen LogP contribution in [0.5, 0.6) is 0 Å². The zero-order chi connectivity index (χ0) is 15.2. The Hall–Kier alpha value is -1.53. The minimum absolute atomic E-state index is 0.239. The number of carbonyl (C=O) groups is 1. The van der Waals surface area contributed by atoms with E-state index in [0.717, 1.165) is 18.2 Å². The molecule has 0 fully saturated rings. The Kier molecular flexibility index (Phi) is 6.04. The van der Waals surface area contributed by atoms with Crippen molar-refractivity contribution in [3.8, 4) is 0 Å². The molecule has 0 spiro atoms. The average Bonchev–Trinajstić information content (AvgIpc) is 2.36. The number of amides is 1. The first-order valence-electron chi connectivity index (χ1n) is 5.66. The summed E-state index contributed by atoms with van der Waals surface area (Å²) < 4.78 is 42.6. The zero-order valence-electron chi connectivity index (χ0n) is 10.6. The summed E-state index contributed by atoms with van der Waals surface area (Å²) in [5.41, 5.74) is -0.690. The molecule has 3 nitrogen and oxygen atoms in total. The number of benzene rings is 1. The highest BCUT2D eigenvalue weighted by atomic mass is 35.5. The molecular formula is C13H13ClF3NO2. The molecule has 0 radical (unpaired) electrons. The monoisotopic (exact) mass is 307 g/mol. The number of rotatable bonds is 5. The lowest BCUT2D eigenvalue weighted by Gasteiger charge is -2.09. The number of hydrogen-bond donors (Lipinski definition) is 1. The first kappa shape index (κ1) is 16.5. The third kappa shape index (κ3) is 5.22. The predicted molar refractivity (Wildman–Crippen MR) is 70.4 cm³/mol. The summed E-state index contributed by atoms with van der Waals surface area (Å²) in [5.74, 6) is -0.412. The van der Waals surface area contributed by atoms with Gasteiger partial charge in [-0.3, -0.25) is 4.79 Å². The number of carbonyl (C=O) groups excluding carboxylic acids is 1.